The first-order chi connectivity index (χ1) is 13.2. The summed E-state index contributed by atoms with van der Waals surface area (Å²) in [6.07, 6.45) is 0. The molecular weight excluding hydrogens is 374 g/mol. The predicted octanol–water partition coefficient (Wildman–Crippen LogP) is 2.78. The average molecular weight is 388 g/mol. The summed E-state index contributed by atoms with van der Waals surface area (Å²) in [5.41, 5.74) is 1.97. The van der Waals surface area contributed by atoms with Gasteiger partial charge in [0, 0.05) is 11.1 Å². The second kappa shape index (κ2) is 7.12. The first kappa shape index (κ1) is 17.1. The predicted molar refractivity (Wildman–Crippen MR) is 95.7 cm³/mol. The molecular formula is C17H14ClN5O4. The molecule has 0 aliphatic rings. The highest BCUT2D eigenvalue weighted by Crippen LogP contribution is 2.31. The van der Waals surface area contributed by atoms with Crippen LogP contribution >= 0.6 is 11.6 Å². The number of fused-ring (bicyclic) bond motifs is 1. The largest absolute Gasteiger partial charge is 0.497 e. The monoisotopic (exact) mass is 387 g/mol. The van der Waals surface area contributed by atoms with Crippen molar-refractivity contribution in [3.05, 3.63) is 47.3 Å². The second-order valence-corrected chi connectivity index (χ2v) is 5.88. The van der Waals surface area contributed by atoms with Gasteiger partial charge in [0.25, 0.3) is 5.89 Å². The summed E-state index contributed by atoms with van der Waals surface area (Å²) in [4.78, 5) is 11.2. The van der Waals surface area contributed by atoms with E-state index in [1.165, 1.54) is 4.85 Å². The van der Waals surface area contributed by atoms with E-state index in [1.54, 1.807) is 50.6 Å². The van der Waals surface area contributed by atoms with Gasteiger partial charge in [0.15, 0.2) is 6.61 Å². The Bertz CT molecular complexity index is 1090. The molecule has 0 amide bonds. The van der Waals surface area contributed by atoms with E-state index in [9.17, 15) is 0 Å². The Morgan fingerprint density at radius 3 is 2.81 bits per heavy atom. The number of rotatable bonds is 6. The Balaban J connectivity index is 1.54. The molecule has 2 aromatic carbocycles. The number of methoxy groups -OCH3 is 2. The van der Waals surface area contributed by atoms with E-state index in [2.05, 4.69) is 20.5 Å². The Hall–Kier alpha value is -3.33. The lowest BCUT2D eigenvalue weighted by atomic mass is 10.2. The normalized spacial score (nSPS) is 10.9. The van der Waals surface area contributed by atoms with E-state index < -0.39 is 0 Å². The lowest BCUT2D eigenvalue weighted by Gasteiger charge is -2.07. The van der Waals surface area contributed by atoms with Gasteiger partial charge in [-0.3, -0.25) is 0 Å². The SMILES string of the molecule is COc1ccc(-c2noc(COn3nnc4ccc(Cl)cc43)n2)c(OC)c1. The van der Waals surface area contributed by atoms with Crippen LogP contribution in [0.15, 0.2) is 40.9 Å². The molecule has 0 fully saturated rings. The molecule has 0 saturated carbocycles. The number of benzene rings is 2. The maximum Gasteiger partial charge on any atom is 0.267 e. The van der Waals surface area contributed by atoms with Crippen LogP contribution in [0.4, 0.5) is 0 Å². The smallest absolute Gasteiger partial charge is 0.267 e. The highest BCUT2D eigenvalue weighted by atomic mass is 35.5. The minimum absolute atomic E-state index is 0.0104. The molecule has 9 nitrogen and oxygen atoms in total. The number of nitrogens with zero attached hydrogens (tertiary/aromatic N) is 5. The number of hydrogen-bond acceptors (Lipinski definition) is 8. The first-order valence-electron chi connectivity index (χ1n) is 7.87. The molecule has 0 spiro atoms. The first-order valence-corrected chi connectivity index (χ1v) is 8.25. The summed E-state index contributed by atoms with van der Waals surface area (Å²) in [5.74, 6) is 1.88. The molecule has 0 aliphatic heterocycles. The van der Waals surface area contributed by atoms with Crippen molar-refractivity contribution in [2.24, 2.45) is 0 Å². The lowest BCUT2D eigenvalue weighted by molar-refractivity contribution is 0.0583. The van der Waals surface area contributed by atoms with Crippen molar-refractivity contribution < 1.29 is 18.8 Å². The van der Waals surface area contributed by atoms with Crippen molar-refractivity contribution in [3.8, 4) is 22.9 Å². The Morgan fingerprint density at radius 1 is 1.11 bits per heavy atom. The second-order valence-electron chi connectivity index (χ2n) is 5.45. The quantitative estimate of drug-likeness (QED) is 0.498. The highest BCUT2D eigenvalue weighted by molar-refractivity contribution is 6.31. The third kappa shape index (κ3) is 3.36. The van der Waals surface area contributed by atoms with E-state index in [0.717, 1.165) is 0 Å². The molecule has 27 heavy (non-hydrogen) atoms. The maximum absolute atomic E-state index is 6.00. The van der Waals surface area contributed by atoms with Crippen molar-refractivity contribution in [2.75, 3.05) is 14.2 Å². The van der Waals surface area contributed by atoms with Gasteiger partial charge in [-0.25, -0.2) is 0 Å². The van der Waals surface area contributed by atoms with Gasteiger partial charge in [0.1, 0.15) is 22.5 Å². The zero-order valence-corrected chi connectivity index (χ0v) is 15.2. The molecule has 10 heteroatoms. The van der Waals surface area contributed by atoms with Crippen LogP contribution in [-0.4, -0.2) is 39.5 Å². The summed E-state index contributed by atoms with van der Waals surface area (Å²) >= 11 is 6.00. The van der Waals surface area contributed by atoms with E-state index in [1.807, 2.05) is 0 Å². The molecule has 0 unspecified atom stereocenters. The van der Waals surface area contributed by atoms with E-state index in [0.29, 0.717) is 38.9 Å². The van der Waals surface area contributed by atoms with Gasteiger partial charge < -0.3 is 18.8 Å². The van der Waals surface area contributed by atoms with E-state index in [4.69, 9.17) is 30.4 Å². The third-order valence-electron chi connectivity index (χ3n) is 3.81. The lowest BCUT2D eigenvalue weighted by Crippen LogP contribution is -2.13. The summed E-state index contributed by atoms with van der Waals surface area (Å²) in [6.45, 7) is 0.0104. The minimum Gasteiger partial charge on any atom is -0.497 e. The maximum atomic E-state index is 6.00. The molecule has 2 aromatic heterocycles. The number of ether oxygens (including phenoxy) is 2. The van der Waals surface area contributed by atoms with Gasteiger partial charge in [-0.05, 0) is 35.5 Å². The molecule has 0 atom stereocenters. The summed E-state index contributed by atoms with van der Waals surface area (Å²) in [7, 11) is 3.14. The molecule has 0 radical (unpaired) electrons. The van der Waals surface area contributed by atoms with Crippen LogP contribution in [0.2, 0.25) is 5.02 Å². The molecule has 4 rings (SSSR count). The Morgan fingerprint density at radius 2 is 2.00 bits per heavy atom. The number of aromatic nitrogens is 5. The molecule has 0 N–H and O–H groups in total. The van der Waals surface area contributed by atoms with Crippen LogP contribution in [0.3, 0.4) is 0 Å². The van der Waals surface area contributed by atoms with Crippen LogP contribution < -0.4 is 14.3 Å². The van der Waals surface area contributed by atoms with Crippen molar-refractivity contribution in [2.45, 2.75) is 6.61 Å². The van der Waals surface area contributed by atoms with E-state index in [-0.39, 0.29) is 12.5 Å². The molecule has 138 valence electrons. The fourth-order valence-corrected chi connectivity index (χ4v) is 2.66. The van der Waals surface area contributed by atoms with Gasteiger partial charge in [-0.15, -0.1) is 5.10 Å². The summed E-state index contributed by atoms with van der Waals surface area (Å²) in [5, 5.41) is 12.5. The van der Waals surface area contributed by atoms with Crippen LogP contribution in [0.25, 0.3) is 22.4 Å². The van der Waals surface area contributed by atoms with Gasteiger partial charge in [-0.2, -0.15) is 4.98 Å². The van der Waals surface area contributed by atoms with Crippen LogP contribution in [-0.2, 0) is 6.61 Å². The topological polar surface area (TPSA) is 97.3 Å². The van der Waals surface area contributed by atoms with E-state index >= 15 is 0 Å². The summed E-state index contributed by atoms with van der Waals surface area (Å²) < 4.78 is 15.8. The zero-order valence-electron chi connectivity index (χ0n) is 14.4. The van der Waals surface area contributed by atoms with Gasteiger partial charge >= 0.3 is 0 Å². The van der Waals surface area contributed by atoms with Crippen molar-refractivity contribution in [1.82, 2.24) is 25.3 Å². The van der Waals surface area contributed by atoms with Crippen molar-refractivity contribution >= 4 is 22.6 Å². The van der Waals surface area contributed by atoms with Gasteiger partial charge in [-0.1, -0.05) is 21.6 Å². The Kier molecular flexibility index (Phi) is 4.51. The van der Waals surface area contributed by atoms with Gasteiger partial charge in [0.05, 0.1) is 19.8 Å². The molecule has 0 saturated heterocycles. The highest BCUT2D eigenvalue weighted by Gasteiger charge is 2.15. The fourth-order valence-electron chi connectivity index (χ4n) is 2.49. The van der Waals surface area contributed by atoms with Crippen molar-refractivity contribution in [1.29, 1.82) is 0 Å². The molecule has 4 aromatic rings. The molecule has 0 bridgehead atoms. The van der Waals surface area contributed by atoms with Crippen molar-refractivity contribution in [3.63, 3.8) is 0 Å². The van der Waals surface area contributed by atoms with Gasteiger partial charge in [0.2, 0.25) is 5.82 Å². The third-order valence-corrected chi connectivity index (χ3v) is 4.04. The van der Waals surface area contributed by atoms with Crippen LogP contribution in [0, 0.1) is 0 Å². The van der Waals surface area contributed by atoms with Crippen LogP contribution in [0.5, 0.6) is 11.5 Å². The van der Waals surface area contributed by atoms with Crippen LogP contribution in [0.1, 0.15) is 5.89 Å². The standard InChI is InChI=1S/C17H14ClN5O4/c1-24-11-4-5-12(15(8-11)25-2)17-19-16(27-21-17)9-26-23-14-7-10(18)3-6-13(14)20-22-23/h3-8H,9H2,1-2H3. The summed E-state index contributed by atoms with van der Waals surface area (Å²) in [6, 6.07) is 10.5. The number of halogens is 1. The zero-order chi connectivity index (χ0) is 18.8. The average Bonchev–Trinajstić information content (AvgIpc) is 3.32. The Labute approximate surface area is 158 Å². The molecule has 2 heterocycles. The molecule has 0 aliphatic carbocycles. The minimum atomic E-state index is 0.0104. The fraction of sp³-hybridized carbons (Fsp3) is 0.176. The number of hydrogen-bond donors (Lipinski definition) is 0.